The van der Waals surface area contributed by atoms with Crippen molar-refractivity contribution in [2.45, 2.75) is 36.9 Å². The Bertz CT molecular complexity index is 1250. The number of rotatable bonds is 6. The molecule has 0 bridgehead atoms. The van der Waals surface area contributed by atoms with Gasteiger partial charge < -0.3 is 10.4 Å². The standard InChI is InChI=1S/C21H18Cl2N4O3S/c1-11(28)10-27-20(30)16-6-4-14(22)7-18(16)26-21(27)31-12(2)19(29)25-15-5-3-13(9-24)17(23)8-15/h3-8,11-12,28H,10H2,1-2H3,(H,25,29)/t11-,12+/m1/s1. The maximum atomic E-state index is 13.0. The molecule has 0 fully saturated rings. The SMILES string of the molecule is C[C@H](Sc1nc2cc(Cl)ccc2c(=O)n1C[C@@H](C)O)C(=O)Nc1ccc(C#N)c(Cl)c1. The van der Waals surface area contributed by atoms with Crippen molar-refractivity contribution < 1.29 is 9.90 Å². The van der Waals surface area contributed by atoms with E-state index in [1.165, 1.54) is 16.7 Å². The molecular formula is C21H18Cl2N4O3S. The lowest BCUT2D eigenvalue weighted by Crippen LogP contribution is -2.29. The summed E-state index contributed by atoms with van der Waals surface area (Å²) in [4.78, 5) is 30.2. The maximum absolute atomic E-state index is 13.0. The summed E-state index contributed by atoms with van der Waals surface area (Å²) in [7, 11) is 0. The highest BCUT2D eigenvalue weighted by Crippen LogP contribution is 2.26. The molecule has 7 nitrogen and oxygen atoms in total. The molecule has 3 aromatic rings. The second-order valence-corrected chi connectivity index (χ2v) is 9.03. The number of aliphatic hydroxyl groups excluding tert-OH is 1. The highest BCUT2D eigenvalue weighted by Gasteiger charge is 2.21. The molecule has 2 N–H and O–H groups in total. The zero-order chi connectivity index (χ0) is 22.7. The largest absolute Gasteiger partial charge is 0.392 e. The molecule has 0 unspecified atom stereocenters. The Balaban J connectivity index is 1.90. The van der Waals surface area contributed by atoms with Crippen LogP contribution in [0.2, 0.25) is 10.0 Å². The number of fused-ring (bicyclic) bond motifs is 1. The van der Waals surface area contributed by atoms with Crippen LogP contribution in [-0.2, 0) is 11.3 Å². The highest BCUT2D eigenvalue weighted by molar-refractivity contribution is 8.00. The molecule has 2 atom stereocenters. The number of halogens is 2. The molecule has 1 aromatic heterocycles. The number of amides is 1. The van der Waals surface area contributed by atoms with Crippen LogP contribution in [0.25, 0.3) is 10.9 Å². The Kier molecular flexibility index (Phi) is 7.23. The summed E-state index contributed by atoms with van der Waals surface area (Å²) in [5.41, 5.74) is 0.842. The number of hydrogen-bond acceptors (Lipinski definition) is 6. The van der Waals surface area contributed by atoms with Gasteiger partial charge in [0.05, 0.1) is 39.4 Å². The first kappa shape index (κ1) is 23.1. The third-order valence-corrected chi connectivity index (χ3v) is 5.98. The van der Waals surface area contributed by atoms with Crippen LogP contribution in [-0.4, -0.2) is 31.9 Å². The quantitative estimate of drug-likeness (QED) is 0.409. The van der Waals surface area contributed by atoms with E-state index in [0.717, 1.165) is 11.8 Å². The van der Waals surface area contributed by atoms with Crippen molar-refractivity contribution in [2.24, 2.45) is 0 Å². The molecule has 31 heavy (non-hydrogen) atoms. The van der Waals surface area contributed by atoms with Gasteiger partial charge in [-0.1, -0.05) is 35.0 Å². The van der Waals surface area contributed by atoms with E-state index in [0.29, 0.717) is 32.3 Å². The number of nitrogens with one attached hydrogen (secondary N) is 1. The molecule has 0 aliphatic rings. The predicted octanol–water partition coefficient (Wildman–Crippen LogP) is 4.08. The molecule has 0 radical (unpaired) electrons. The van der Waals surface area contributed by atoms with Crippen LogP contribution >= 0.6 is 35.0 Å². The van der Waals surface area contributed by atoms with Crippen LogP contribution in [0.1, 0.15) is 19.4 Å². The highest BCUT2D eigenvalue weighted by atomic mass is 35.5. The summed E-state index contributed by atoms with van der Waals surface area (Å²) < 4.78 is 1.36. The lowest BCUT2D eigenvalue weighted by Gasteiger charge is -2.17. The fourth-order valence-electron chi connectivity index (χ4n) is 2.83. The first-order valence-corrected chi connectivity index (χ1v) is 10.9. The van der Waals surface area contributed by atoms with Gasteiger partial charge in [0.25, 0.3) is 5.56 Å². The lowest BCUT2D eigenvalue weighted by atomic mass is 10.2. The van der Waals surface area contributed by atoms with Gasteiger partial charge in [-0.25, -0.2) is 4.98 Å². The van der Waals surface area contributed by atoms with E-state index >= 15 is 0 Å². The van der Waals surface area contributed by atoms with Crippen LogP contribution in [0.5, 0.6) is 0 Å². The minimum atomic E-state index is -0.784. The Morgan fingerprint density at radius 2 is 2.03 bits per heavy atom. The molecule has 3 rings (SSSR count). The molecule has 0 spiro atoms. The average molecular weight is 477 g/mol. The van der Waals surface area contributed by atoms with Crippen molar-refractivity contribution in [3.8, 4) is 6.07 Å². The number of thioether (sulfide) groups is 1. The molecule has 0 aliphatic heterocycles. The second kappa shape index (κ2) is 9.71. The van der Waals surface area contributed by atoms with Crippen LogP contribution in [0, 0.1) is 11.3 Å². The summed E-state index contributed by atoms with van der Waals surface area (Å²) in [5.74, 6) is -0.338. The van der Waals surface area contributed by atoms with Crippen LogP contribution in [0.4, 0.5) is 5.69 Å². The summed E-state index contributed by atoms with van der Waals surface area (Å²) in [6.07, 6.45) is -0.784. The Labute approximate surface area is 192 Å². The molecule has 0 aliphatic carbocycles. The van der Waals surface area contributed by atoms with Crippen molar-refractivity contribution in [3.05, 3.63) is 62.4 Å². The molecular weight excluding hydrogens is 459 g/mol. The maximum Gasteiger partial charge on any atom is 0.262 e. The van der Waals surface area contributed by atoms with E-state index in [2.05, 4.69) is 10.3 Å². The van der Waals surface area contributed by atoms with Gasteiger partial charge in [-0.2, -0.15) is 5.26 Å². The minimum absolute atomic E-state index is 0.0340. The molecule has 0 saturated carbocycles. The summed E-state index contributed by atoms with van der Waals surface area (Å²) in [5, 5.41) is 22.3. The van der Waals surface area contributed by atoms with E-state index in [9.17, 15) is 14.7 Å². The lowest BCUT2D eigenvalue weighted by molar-refractivity contribution is -0.115. The van der Waals surface area contributed by atoms with Crippen molar-refractivity contribution >= 4 is 57.5 Å². The number of aliphatic hydroxyl groups is 1. The van der Waals surface area contributed by atoms with E-state index in [1.807, 2.05) is 6.07 Å². The van der Waals surface area contributed by atoms with E-state index in [1.54, 1.807) is 38.1 Å². The molecule has 10 heteroatoms. The zero-order valence-electron chi connectivity index (χ0n) is 16.6. The number of nitriles is 1. The van der Waals surface area contributed by atoms with E-state index in [4.69, 9.17) is 28.5 Å². The van der Waals surface area contributed by atoms with E-state index < -0.39 is 11.4 Å². The van der Waals surface area contributed by atoms with Gasteiger partial charge in [0.2, 0.25) is 5.91 Å². The van der Waals surface area contributed by atoms with Crippen molar-refractivity contribution in [1.82, 2.24) is 9.55 Å². The first-order valence-electron chi connectivity index (χ1n) is 9.25. The zero-order valence-corrected chi connectivity index (χ0v) is 18.9. The number of carbonyl (C=O) groups excluding carboxylic acids is 1. The third kappa shape index (κ3) is 5.38. The topological polar surface area (TPSA) is 108 Å². The number of hydrogen-bond donors (Lipinski definition) is 2. The first-order chi connectivity index (χ1) is 14.7. The Morgan fingerprint density at radius 3 is 2.68 bits per heavy atom. The molecule has 2 aromatic carbocycles. The van der Waals surface area contributed by atoms with Crippen molar-refractivity contribution in [3.63, 3.8) is 0 Å². The van der Waals surface area contributed by atoms with Gasteiger partial charge in [-0.05, 0) is 50.2 Å². The fraction of sp³-hybridized carbons (Fsp3) is 0.238. The van der Waals surface area contributed by atoms with Gasteiger partial charge >= 0.3 is 0 Å². The van der Waals surface area contributed by atoms with Gasteiger partial charge in [0.1, 0.15) is 6.07 Å². The smallest absolute Gasteiger partial charge is 0.262 e. The second-order valence-electron chi connectivity index (χ2n) is 6.88. The third-order valence-electron chi connectivity index (χ3n) is 4.34. The Hall–Kier alpha value is -2.57. The monoisotopic (exact) mass is 476 g/mol. The van der Waals surface area contributed by atoms with Gasteiger partial charge in [-0.15, -0.1) is 0 Å². The molecule has 0 saturated heterocycles. The Morgan fingerprint density at radius 1 is 1.29 bits per heavy atom. The van der Waals surface area contributed by atoms with Gasteiger partial charge in [0.15, 0.2) is 5.16 Å². The molecule has 1 heterocycles. The van der Waals surface area contributed by atoms with Crippen molar-refractivity contribution in [2.75, 3.05) is 5.32 Å². The summed E-state index contributed by atoms with van der Waals surface area (Å²) in [6, 6.07) is 11.3. The van der Waals surface area contributed by atoms with Gasteiger partial charge in [0, 0.05) is 10.7 Å². The summed E-state index contributed by atoms with van der Waals surface area (Å²) >= 11 is 13.1. The number of nitrogens with zero attached hydrogens (tertiary/aromatic N) is 3. The van der Waals surface area contributed by atoms with Gasteiger partial charge in [-0.3, -0.25) is 14.2 Å². The van der Waals surface area contributed by atoms with Crippen molar-refractivity contribution in [1.29, 1.82) is 5.26 Å². The van der Waals surface area contributed by atoms with Crippen LogP contribution in [0.3, 0.4) is 0 Å². The minimum Gasteiger partial charge on any atom is -0.392 e. The number of aromatic nitrogens is 2. The van der Waals surface area contributed by atoms with E-state index in [-0.39, 0.29) is 23.0 Å². The number of carbonyl (C=O) groups is 1. The molecule has 1 amide bonds. The summed E-state index contributed by atoms with van der Waals surface area (Å²) in [6.45, 7) is 3.27. The van der Waals surface area contributed by atoms with Crippen LogP contribution in [0.15, 0.2) is 46.3 Å². The predicted molar refractivity (Wildman–Crippen MR) is 123 cm³/mol. The number of anilines is 1. The normalized spacial score (nSPS) is 12.9. The average Bonchev–Trinajstić information content (AvgIpc) is 2.70. The molecule has 160 valence electrons. The van der Waals surface area contributed by atoms with Crippen LogP contribution < -0.4 is 10.9 Å². The fourth-order valence-corrected chi connectivity index (χ4v) is 4.14. The number of benzene rings is 2.